The maximum absolute atomic E-state index is 10.5. The van der Waals surface area contributed by atoms with Crippen LogP contribution in [0.1, 0.15) is 33.6 Å². The molecule has 0 aliphatic heterocycles. The number of nitrogens with zero attached hydrogens (tertiary/aromatic N) is 1. The minimum atomic E-state index is -0.365. The predicted octanol–water partition coefficient (Wildman–Crippen LogP) is 2.34. The molecule has 0 aromatic carbocycles. The van der Waals surface area contributed by atoms with Gasteiger partial charge in [0.25, 0.3) is 12.1 Å². The van der Waals surface area contributed by atoms with E-state index in [0.29, 0.717) is 0 Å². The van der Waals surface area contributed by atoms with Gasteiger partial charge in [-0.15, -0.1) is 0 Å². The maximum Gasteiger partial charge on any atom is 0.287 e. The van der Waals surface area contributed by atoms with Gasteiger partial charge in [-0.2, -0.15) is 0 Å². The van der Waals surface area contributed by atoms with Crippen LogP contribution in [0, 0.1) is 12.5 Å². The summed E-state index contributed by atoms with van der Waals surface area (Å²) in [6.07, 6.45) is 2.77. The molecule has 0 bridgehead atoms. The molecule has 0 fully saturated rings. The van der Waals surface area contributed by atoms with Crippen molar-refractivity contribution in [3.63, 3.8) is 0 Å². The van der Waals surface area contributed by atoms with Crippen LogP contribution in [0.3, 0.4) is 0 Å². The van der Waals surface area contributed by atoms with Crippen molar-refractivity contribution in [3.05, 3.63) is 4.85 Å². The van der Waals surface area contributed by atoms with E-state index in [-0.39, 0.29) is 11.5 Å². The van der Waals surface area contributed by atoms with Crippen molar-refractivity contribution in [1.82, 2.24) is 0 Å². The Morgan fingerprint density at radius 3 is 2.55 bits per heavy atom. The molecule has 0 N–H and O–H groups in total. The lowest BCUT2D eigenvalue weighted by Gasteiger charge is -2.14. The number of carbonyl (C=O) groups is 1. The van der Waals surface area contributed by atoms with Crippen LogP contribution >= 0.6 is 0 Å². The van der Waals surface area contributed by atoms with Crippen molar-refractivity contribution in [1.29, 1.82) is 0 Å². The molecule has 0 amide bonds. The summed E-state index contributed by atoms with van der Waals surface area (Å²) in [7, 11) is 0. The van der Waals surface area contributed by atoms with Gasteiger partial charge in [0.15, 0.2) is 0 Å². The van der Waals surface area contributed by atoms with E-state index in [1.807, 2.05) is 13.8 Å². The fraction of sp³-hybridized carbons (Fsp3) is 0.778. The first kappa shape index (κ1) is 10.2. The van der Waals surface area contributed by atoms with E-state index in [1.54, 1.807) is 0 Å². The van der Waals surface area contributed by atoms with Gasteiger partial charge in [0.2, 0.25) is 0 Å². The van der Waals surface area contributed by atoms with E-state index >= 15 is 0 Å². The van der Waals surface area contributed by atoms with Gasteiger partial charge in [-0.1, -0.05) is 11.8 Å². The monoisotopic (exact) mass is 154 g/mol. The fourth-order valence-corrected chi connectivity index (χ4v) is 1.06. The lowest BCUT2D eigenvalue weighted by molar-refractivity contribution is -0.111. The molecule has 2 unspecified atom stereocenters. The van der Waals surface area contributed by atoms with E-state index < -0.39 is 0 Å². The highest BCUT2D eigenvalue weighted by molar-refractivity contribution is 5.56. The van der Waals surface area contributed by atoms with Gasteiger partial charge in [-0.25, -0.2) is 0 Å². The Morgan fingerprint density at radius 2 is 2.27 bits per heavy atom. The molecule has 0 saturated carbocycles. The number of hydrogen-bond donors (Lipinski definition) is 0. The average molecular weight is 154 g/mol. The molecule has 0 heterocycles. The molecule has 0 spiro atoms. The third-order valence-electron chi connectivity index (χ3n) is 2.24. The molecule has 0 aliphatic rings. The predicted molar refractivity (Wildman–Crippen MR) is 46.8 cm³/mol. The molecule has 11 heavy (non-hydrogen) atoms. The highest BCUT2D eigenvalue weighted by Gasteiger charge is 2.39. The Morgan fingerprint density at radius 1 is 1.73 bits per heavy atom. The highest BCUT2D eigenvalue weighted by atomic mass is 16.1. The summed E-state index contributed by atoms with van der Waals surface area (Å²) < 4.78 is 0. The Kier molecular flexibility index (Phi) is 3.81. The van der Waals surface area contributed by atoms with Gasteiger partial charge < -0.3 is 4.79 Å². The second-order valence-corrected chi connectivity index (χ2v) is 3.16. The van der Waals surface area contributed by atoms with Gasteiger partial charge in [0, 0.05) is 13.3 Å². The van der Waals surface area contributed by atoms with E-state index in [2.05, 4.69) is 11.8 Å². The smallest absolute Gasteiger partial charge is 0.287 e. The zero-order chi connectivity index (χ0) is 8.91. The van der Waals surface area contributed by atoms with E-state index in [1.165, 1.54) is 0 Å². The summed E-state index contributed by atoms with van der Waals surface area (Å²) in [5.41, 5.74) is -0.365. The zero-order valence-corrected chi connectivity index (χ0v) is 7.50. The van der Waals surface area contributed by atoms with Crippen LogP contribution in [0.2, 0.25) is 0 Å². The van der Waals surface area contributed by atoms with Crippen molar-refractivity contribution in [2.75, 3.05) is 0 Å². The second-order valence-electron chi connectivity index (χ2n) is 3.16. The third-order valence-corrected chi connectivity index (χ3v) is 2.24. The molecule has 2 nitrogen and oxygen atoms in total. The summed E-state index contributed by atoms with van der Waals surface area (Å²) in [6.45, 7) is 11.1. The van der Waals surface area contributed by atoms with Crippen LogP contribution < -0.4 is 0 Å². The summed E-state index contributed by atoms with van der Waals surface area (Å²) >= 11 is 0. The third kappa shape index (κ3) is 2.34. The molecule has 0 rings (SSSR count). The summed E-state index contributed by atoms with van der Waals surface area (Å²) in [4.78, 5) is 14.2. The van der Waals surface area contributed by atoms with Crippen LogP contribution in [0.25, 0.3) is 4.85 Å². The minimum absolute atomic E-state index is 0.0903. The zero-order valence-electron chi connectivity index (χ0n) is 7.50. The molecular formula is C9H16NO+. The van der Waals surface area contributed by atoms with E-state index in [4.69, 9.17) is 6.57 Å². The fourth-order valence-electron chi connectivity index (χ4n) is 1.06. The average Bonchev–Trinajstić information content (AvgIpc) is 2.03. The van der Waals surface area contributed by atoms with Crippen molar-refractivity contribution >= 4 is 6.29 Å². The van der Waals surface area contributed by atoms with Crippen molar-refractivity contribution in [2.24, 2.45) is 5.92 Å². The summed E-state index contributed by atoms with van der Waals surface area (Å²) in [6, 6.07) is 0. The van der Waals surface area contributed by atoms with Gasteiger partial charge in [-0.3, -0.25) is 0 Å². The van der Waals surface area contributed by atoms with E-state index in [9.17, 15) is 4.79 Å². The van der Waals surface area contributed by atoms with Crippen LogP contribution in [-0.2, 0) is 4.79 Å². The van der Waals surface area contributed by atoms with Crippen molar-refractivity contribution in [2.45, 2.75) is 39.2 Å². The number of aldehydes is 1. The Labute approximate surface area is 68.4 Å². The minimum Gasteiger partial charge on any atom is -0.303 e. The molecule has 2 atom stereocenters. The Balaban J connectivity index is 4.34. The summed E-state index contributed by atoms with van der Waals surface area (Å²) in [5.74, 6) is -0.0903. The molecular weight excluding hydrogens is 138 g/mol. The van der Waals surface area contributed by atoms with Crippen molar-refractivity contribution < 1.29 is 4.79 Å². The molecule has 0 aliphatic carbocycles. The standard InChI is InChI=1S/C9H16NO/c1-5-6-9(3,10-4)8(2)7-11/h4,7-8H,5-6H2,1-3H3/q+1. The molecule has 0 radical (unpaired) electrons. The Hall–Kier alpha value is -0.840. The SMILES string of the molecule is C#[N+]C(C)(CCC)C(C)C=O. The Bertz CT molecular complexity index is 171. The van der Waals surface area contributed by atoms with Gasteiger partial charge in [0.05, 0.1) is 5.92 Å². The van der Waals surface area contributed by atoms with E-state index in [0.717, 1.165) is 19.1 Å². The maximum atomic E-state index is 10.5. The van der Waals surface area contributed by atoms with Crippen molar-refractivity contribution in [3.8, 4) is 6.57 Å². The number of rotatable bonds is 4. The topological polar surface area (TPSA) is 21.4 Å². The molecule has 0 aromatic heterocycles. The van der Waals surface area contributed by atoms with Gasteiger partial charge in [-0.05, 0) is 13.3 Å². The molecule has 0 saturated heterocycles. The van der Waals surface area contributed by atoms with Crippen LogP contribution in [0.5, 0.6) is 0 Å². The van der Waals surface area contributed by atoms with Gasteiger partial charge in [0.1, 0.15) is 6.29 Å². The van der Waals surface area contributed by atoms with Gasteiger partial charge >= 0.3 is 0 Å². The lowest BCUT2D eigenvalue weighted by Crippen LogP contribution is -2.29. The first-order chi connectivity index (χ1) is 5.10. The number of hydrogen-bond acceptors (Lipinski definition) is 1. The molecule has 62 valence electrons. The molecule has 2 heteroatoms. The quantitative estimate of drug-likeness (QED) is 0.569. The lowest BCUT2D eigenvalue weighted by atomic mass is 9.85. The van der Waals surface area contributed by atoms with Crippen LogP contribution in [0.15, 0.2) is 0 Å². The second kappa shape index (κ2) is 4.12. The first-order valence-corrected chi connectivity index (χ1v) is 3.98. The van der Waals surface area contributed by atoms with Crippen LogP contribution in [0.4, 0.5) is 0 Å². The summed E-state index contributed by atoms with van der Waals surface area (Å²) in [5, 5.41) is 0. The normalized spacial score (nSPS) is 18.0. The first-order valence-electron chi connectivity index (χ1n) is 3.98. The highest BCUT2D eigenvalue weighted by Crippen LogP contribution is 2.25. The molecule has 0 aromatic rings. The van der Waals surface area contributed by atoms with Crippen LogP contribution in [-0.4, -0.2) is 11.8 Å². The largest absolute Gasteiger partial charge is 0.303 e. The number of carbonyl (C=O) groups excluding carboxylic acids is 1.